The molecule has 2 amide bonds. The molecule has 1 aromatic rings. The standard InChI is InChI=1S/C22H32N2O3/c23-21(26)12-6-1-2-7-16-24-19(11-8-13-22(24)27)14-15-20(25)17-18-9-4-3-5-10-18/h3-5,9-10,14-15,19-20,25H,1-2,6-8,11-13,16-17H2,(H2,23,26)/b15-14+/t19-,20?/m1/s1. The number of primary amides is 1. The summed E-state index contributed by atoms with van der Waals surface area (Å²) in [6.45, 7) is 0.735. The third kappa shape index (κ3) is 7.95. The number of carbonyl (C=O) groups excluding carboxylic acids is 2. The van der Waals surface area contributed by atoms with Gasteiger partial charge in [-0.3, -0.25) is 9.59 Å². The summed E-state index contributed by atoms with van der Waals surface area (Å²) in [7, 11) is 0. The topological polar surface area (TPSA) is 83.6 Å². The SMILES string of the molecule is NC(=O)CCCCCCN1C(=O)CCC[C@@H]1/C=C/C(O)Cc1ccccc1. The molecule has 0 saturated carbocycles. The molecule has 0 aromatic heterocycles. The maximum atomic E-state index is 12.3. The van der Waals surface area contributed by atoms with E-state index in [9.17, 15) is 14.7 Å². The number of aliphatic hydroxyl groups excluding tert-OH is 1. The summed E-state index contributed by atoms with van der Waals surface area (Å²) >= 11 is 0. The molecule has 2 rings (SSSR count). The van der Waals surface area contributed by atoms with E-state index in [0.29, 0.717) is 19.3 Å². The van der Waals surface area contributed by atoms with E-state index in [1.165, 1.54) is 0 Å². The minimum atomic E-state index is -0.542. The van der Waals surface area contributed by atoms with Crippen molar-refractivity contribution in [2.45, 2.75) is 69.9 Å². The first-order chi connectivity index (χ1) is 13.1. The van der Waals surface area contributed by atoms with Gasteiger partial charge < -0.3 is 15.7 Å². The first-order valence-electron chi connectivity index (χ1n) is 10.0. The highest BCUT2D eigenvalue weighted by atomic mass is 16.3. The summed E-state index contributed by atoms with van der Waals surface area (Å²) in [4.78, 5) is 25.0. The van der Waals surface area contributed by atoms with Crippen molar-refractivity contribution in [3.63, 3.8) is 0 Å². The molecular formula is C22H32N2O3. The Bertz CT molecular complexity index is 615. The summed E-state index contributed by atoms with van der Waals surface area (Å²) in [6, 6.07) is 9.98. The molecule has 0 aliphatic carbocycles. The Morgan fingerprint density at radius 2 is 1.96 bits per heavy atom. The van der Waals surface area contributed by atoms with Crippen LogP contribution in [-0.2, 0) is 16.0 Å². The van der Waals surface area contributed by atoms with Crippen LogP contribution in [0.2, 0.25) is 0 Å². The second-order valence-corrected chi connectivity index (χ2v) is 7.32. The van der Waals surface area contributed by atoms with Crippen molar-refractivity contribution in [2.24, 2.45) is 5.73 Å². The van der Waals surface area contributed by atoms with Crippen molar-refractivity contribution in [1.82, 2.24) is 4.90 Å². The average Bonchev–Trinajstić information content (AvgIpc) is 2.65. The zero-order chi connectivity index (χ0) is 19.5. The van der Waals surface area contributed by atoms with Gasteiger partial charge in [-0.25, -0.2) is 0 Å². The molecule has 0 radical (unpaired) electrons. The van der Waals surface area contributed by atoms with Gasteiger partial charge in [-0.1, -0.05) is 55.3 Å². The van der Waals surface area contributed by atoms with Gasteiger partial charge in [-0.15, -0.1) is 0 Å². The fourth-order valence-corrected chi connectivity index (χ4v) is 3.55. The van der Waals surface area contributed by atoms with Gasteiger partial charge in [0.05, 0.1) is 12.1 Å². The van der Waals surface area contributed by atoms with Gasteiger partial charge in [-0.2, -0.15) is 0 Å². The molecule has 27 heavy (non-hydrogen) atoms. The lowest BCUT2D eigenvalue weighted by atomic mass is 9.99. The molecule has 0 bridgehead atoms. The van der Waals surface area contributed by atoms with Crippen LogP contribution in [0.25, 0.3) is 0 Å². The van der Waals surface area contributed by atoms with Gasteiger partial charge in [0.1, 0.15) is 0 Å². The van der Waals surface area contributed by atoms with Crippen LogP contribution in [0, 0.1) is 0 Å². The number of hydrogen-bond donors (Lipinski definition) is 2. The van der Waals surface area contributed by atoms with Crippen molar-refractivity contribution in [2.75, 3.05) is 6.54 Å². The summed E-state index contributed by atoms with van der Waals surface area (Å²) in [5, 5.41) is 10.3. The molecule has 2 atom stereocenters. The highest BCUT2D eigenvalue weighted by Gasteiger charge is 2.25. The van der Waals surface area contributed by atoms with E-state index in [-0.39, 0.29) is 17.9 Å². The highest BCUT2D eigenvalue weighted by molar-refractivity contribution is 5.77. The number of rotatable bonds is 11. The zero-order valence-electron chi connectivity index (χ0n) is 16.1. The quantitative estimate of drug-likeness (QED) is 0.463. The Hall–Kier alpha value is -2.14. The molecule has 0 spiro atoms. The van der Waals surface area contributed by atoms with E-state index in [2.05, 4.69) is 0 Å². The Balaban J connectivity index is 1.79. The minimum absolute atomic E-state index is 0.0716. The molecule has 5 nitrogen and oxygen atoms in total. The maximum Gasteiger partial charge on any atom is 0.223 e. The van der Waals surface area contributed by atoms with E-state index in [1.54, 1.807) is 0 Å². The van der Waals surface area contributed by atoms with Gasteiger partial charge in [0, 0.05) is 25.8 Å². The number of carbonyl (C=O) groups is 2. The van der Waals surface area contributed by atoms with Gasteiger partial charge in [0.25, 0.3) is 0 Å². The highest BCUT2D eigenvalue weighted by Crippen LogP contribution is 2.21. The molecule has 1 aromatic carbocycles. The lowest BCUT2D eigenvalue weighted by molar-refractivity contribution is -0.135. The fourth-order valence-electron chi connectivity index (χ4n) is 3.55. The number of piperidine rings is 1. The summed E-state index contributed by atoms with van der Waals surface area (Å²) < 4.78 is 0. The molecule has 1 aliphatic rings. The van der Waals surface area contributed by atoms with Gasteiger partial charge in [0.2, 0.25) is 11.8 Å². The van der Waals surface area contributed by atoms with Crippen LogP contribution in [0.1, 0.15) is 56.9 Å². The van der Waals surface area contributed by atoms with E-state index in [4.69, 9.17) is 5.73 Å². The number of nitrogens with zero attached hydrogens (tertiary/aromatic N) is 1. The van der Waals surface area contributed by atoms with Crippen LogP contribution in [0.15, 0.2) is 42.5 Å². The zero-order valence-corrected chi connectivity index (χ0v) is 16.1. The summed E-state index contributed by atoms with van der Waals surface area (Å²) in [5.41, 5.74) is 6.25. The number of hydrogen-bond acceptors (Lipinski definition) is 3. The van der Waals surface area contributed by atoms with Crippen molar-refractivity contribution >= 4 is 11.8 Å². The number of benzene rings is 1. The Morgan fingerprint density at radius 1 is 1.22 bits per heavy atom. The van der Waals surface area contributed by atoms with Crippen LogP contribution in [0.4, 0.5) is 0 Å². The van der Waals surface area contributed by atoms with Crippen LogP contribution < -0.4 is 5.73 Å². The molecule has 1 heterocycles. The van der Waals surface area contributed by atoms with Gasteiger partial charge in [0.15, 0.2) is 0 Å². The van der Waals surface area contributed by atoms with E-state index < -0.39 is 6.10 Å². The number of likely N-dealkylation sites (tertiary alicyclic amines) is 1. The molecule has 3 N–H and O–H groups in total. The second kappa shape index (κ2) is 11.5. The van der Waals surface area contributed by atoms with Gasteiger partial charge >= 0.3 is 0 Å². The molecule has 1 fully saturated rings. The number of nitrogens with two attached hydrogens (primary N) is 1. The lowest BCUT2D eigenvalue weighted by Crippen LogP contribution is -2.43. The summed E-state index contributed by atoms with van der Waals surface area (Å²) in [5.74, 6) is -0.0499. The van der Waals surface area contributed by atoms with Gasteiger partial charge in [-0.05, 0) is 31.2 Å². The monoisotopic (exact) mass is 372 g/mol. The number of unbranched alkanes of at least 4 members (excludes halogenated alkanes) is 3. The molecular weight excluding hydrogens is 340 g/mol. The predicted molar refractivity (Wildman–Crippen MR) is 107 cm³/mol. The Kier molecular flexibility index (Phi) is 9.05. The third-order valence-corrected chi connectivity index (χ3v) is 5.03. The fraction of sp³-hybridized carbons (Fsp3) is 0.545. The normalized spacial score (nSPS) is 18.8. The van der Waals surface area contributed by atoms with Crippen molar-refractivity contribution in [3.8, 4) is 0 Å². The van der Waals surface area contributed by atoms with Crippen LogP contribution in [-0.4, -0.2) is 40.5 Å². The van der Waals surface area contributed by atoms with Crippen molar-refractivity contribution in [1.29, 1.82) is 0 Å². The second-order valence-electron chi connectivity index (χ2n) is 7.32. The van der Waals surface area contributed by atoms with E-state index in [0.717, 1.165) is 50.6 Å². The van der Waals surface area contributed by atoms with E-state index >= 15 is 0 Å². The molecule has 148 valence electrons. The minimum Gasteiger partial charge on any atom is -0.389 e. The number of aliphatic hydroxyl groups is 1. The average molecular weight is 373 g/mol. The van der Waals surface area contributed by atoms with Crippen LogP contribution in [0.3, 0.4) is 0 Å². The summed E-state index contributed by atoms with van der Waals surface area (Å²) in [6.07, 6.45) is 10.5. The first-order valence-corrected chi connectivity index (χ1v) is 10.0. The Labute approximate surface area is 162 Å². The Morgan fingerprint density at radius 3 is 2.70 bits per heavy atom. The first kappa shape index (κ1) is 21.2. The smallest absolute Gasteiger partial charge is 0.223 e. The molecule has 1 saturated heterocycles. The van der Waals surface area contributed by atoms with E-state index in [1.807, 2.05) is 47.4 Å². The predicted octanol–water partition coefficient (Wildman–Crippen LogP) is 2.96. The van der Waals surface area contributed by atoms with Crippen LogP contribution >= 0.6 is 0 Å². The van der Waals surface area contributed by atoms with Crippen LogP contribution in [0.5, 0.6) is 0 Å². The third-order valence-electron chi connectivity index (χ3n) is 5.03. The molecule has 1 unspecified atom stereocenters. The van der Waals surface area contributed by atoms with Crippen molar-refractivity contribution < 1.29 is 14.7 Å². The maximum absolute atomic E-state index is 12.3. The lowest BCUT2D eigenvalue weighted by Gasteiger charge is -2.34. The largest absolute Gasteiger partial charge is 0.389 e. The van der Waals surface area contributed by atoms with Crippen molar-refractivity contribution in [3.05, 3.63) is 48.0 Å². The number of amides is 2. The molecule has 1 aliphatic heterocycles. The molecule has 5 heteroatoms.